The first kappa shape index (κ1) is 82.7. The Morgan fingerprint density at radius 2 is 0.521 bits per heavy atom. The number of halogens is 12. The summed E-state index contributed by atoms with van der Waals surface area (Å²) in [5, 5.41) is 0. The summed E-state index contributed by atoms with van der Waals surface area (Å²) in [6.45, 7) is 8.22. The smallest absolute Gasteiger partial charge is 0.489 e. The van der Waals surface area contributed by atoms with Gasteiger partial charge >= 0.3 is 85.5 Å². The molecule has 0 amide bonds. The number of nitrogens with zero attached hydrogens (tertiary/aromatic N) is 6. The molecule has 21 nitrogen and oxygen atoms in total. The number of ether oxygens (including phenoxy) is 12. The van der Waals surface area contributed by atoms with Crippen molar-refractivity contribution in [3.05, 3.63) is 169 Å². The average Bonchev–Trinajstić information content (AvgIpc) is 0.825. The third kappa shape index (κ3) is 36.0. The number of hydrogen-bond donors (Lipinski definition) is 0. The number of rotatable bonds is 10. The van der Waals surface area contributed by atoms with Gasteiger partial charge in [-0.05, 0) is 83.9 Å². The Balaban J connectivity index is 0.000000403. The van der Waals surface area contributed by atoms with E-state index in [-0.39, 0.29) is 35.9 Å². The summed E-state index contributed by atoms with van der Waals surface area (Å²) >= 11 is 0. The first-order valence-electron chi connectivity index (χ1n) is 27.9. The van der Waals surface area contributed by atoms with E-state index in [0.29, 0.717) is 176 Å². The predicted octanol–water partition coefficient (Wildman–Crippen LogP) is 13.5. The molecule has 6 N–H and O–H groups in total. The quantitative estimate of drug-likeness (QED) is 0.0698. The summed E-state index contributed by atoms with van der Waals surface area (Å²) in [5.74, 6) is 3.87. The molecule has 2 aromatic carbocycles. The molecule has 0 aliphatic carbocycles. The summed E-state index contributed by atoms with van der Waals surface area (Å²) < 4.78 is 188. The van der Waals surface area contributed by atoms with Gasteiger partial charge in [-0.25, -0.2) is 9.97 Å². The molecule has 2 aliphatic rings. The van der Waals surface area contributed by atoms with E-state index < -0.39 is 15.6 Å². The number of hydrogen-bond acceptors (Lipinski definition) is 18. The van der Waals surface area contributed by atoms with Crippen molar-refractivity contribution in [3.8, 4) is 80.0 Å². The summed E-state index contributed by atoms with van der Waals surface area (Å²) in [6.07, 6.45) is 6.98. The third-order valence-electron chi connectivity index (χ3n) is 11.6. The Kier molecular flexibility index (Phi) is 32.1. The van der Waals surface area contributed by atoms with Crippen LogP contribution in [0.3, 0.4) is 0 Å². The molecule has 8 heterocycles. The summed E-state index contributed by atoms with van der Waals surface area (Å²) in [7, 11) is -21.3. The Labute approximate surface area is 554 Å². The van der Waals surface area contributed by atoms with Gasteiger partial charge in [0.2, 0.25) is 0 Å². The topological polar surface area (TPSA) is 283 Å². The van der Waals surface area contributed by atoms with E-state index in [2.05, 4.69) is 19.9 Å². The van der Waals surface area contributed by atoms with Gasteiger partial charge in [-0.3, -0.25) is 19.9 Å². The Bertz CT molecular complexity index is 3190. The zero-order valence-electron chi connectivity index (χ0n) is 51.0. The Morgan fingerprint density at radius 3 is 0.750 bits per heavy atom. The standard InChI is InChI=1S/2C30H31N3O6.2F6P.3H2O.Zn/c2*1-3-9-31-25(5-1)27-20-24(21-28(33-27)26-6-2-4-10-32-26)39-22-23-7-8-29-30(19-23)38-18-16-36-14-12-34-11-13-35-15-17-37-29;2*1-7(2,3,4,5)6;;;;/h2*1-10,19-21H,11-18,22H2;;;3*1H2;/q;;2*-1;;;;+2. The molecular formula is C60H68F12N6O15P2Zn. The van der Waals surface area contributed by atoms with Gasteiger partial charge in [0.05, 0.1) is 125 Å². The Hall–Kier alpha value is -7.58. The van der Waals surface area contributed by atoms with Crippen molar-refractivity contribution in [1.29, 1.82) is 0 Å². The van der Waals surface area contributed by atoms with E-state index in [9.17, 15) is 50.4 Å². The molecule has 0 atom stereocenters. The molecule has 524 valence electrons. The summed E-state index contributed by atoms with van der Waals surface area (Å²) in [5.41, 5.74) is 7.70. The summed E-state index contributed by atoms with van der Waals surface area (Å²) in [4.78, 5) is 27.4. The van der Waals surface area contributed by atoms with Crippen LogP contribution in [0.25, 0.3) is 45.6 Å². The Morgan fingerprint density at radius 1 is 0.292 bits per heavy atom. The van der Waals surface area contributed by atoms with Crippen LogP contribution in [-0.2, 0) is 61.1 Å². The molecule has 0 bridgehead atoms. The van der Waals surface area contributed by atoms with Gasteiger partial charge in [-0.15, -0.1) is 0 Å². The van der Waals surface area contributed by atoms with Gasteiger partial charge in [0.1, 0.15) is 51.1 Å². The maximum Gasteiger partial charge on any atom is 2.00 e. The third-order valence-corrected chi connectivity index (χ3v) is 11.6. The molecule has 0 unspecified atom stereocenters. The van der Waals surface area contributed by atoms with E-state index >= 15 is 0 Å². The fourth-order valence-corrected chi connectivity index (χ4v) is 7.77. The second-order valence-corrected chi connectivity index (χ2v) is 23.0. The number of aromatic nitrogens is 6. The molecule has 10 rings (SSSR count). The van der Waals surface area contributed by atoms with Gasteiger partial charge in [-0.2, -0.15) is 0 Å². The van der Waals surface area contributed by atoms with Crippen molar-refractivity contribution in [2.24, 2.45) is 0 Å². The minimum Gasteiger partial charge on any atom is -0.489 e. The van der Waals surface area contributed by atoms with Crippen LogP contribution in [0, 0.1) is 0 Å². The first-order valence-corrected chi connectivity index (χ1v) is 32.0. The van der Waals surface area contributed by atoms with Crippen LogP contribution >= 0.6 is 15.6 Å². The minimum absolute atomic E-state index is 0. The van der Waals surface area contributed by atoms with Crippen LogP contribution < -0.4 is 28.4 Å². The van der Waals surface area contributed by atoms with Gasteiger partial charge in [0.25, 0.3) is 0 Å². The van der Waals surface area contributed by atoms with Crippen LogP contribution in [0.4, 0.5) is 50.4 Å². The molecule has 0 saturated heterocycles. The van der Waals surface area contributed by atoms with Crippen molar-refractivity contribution in [2.45, 2.75) is 13.2 Å². The molecule has 36 heteroatoms. The normalized spacial score (nSPS) is 15.6. The van der Waals surface area contributed by atoms with Crippen LogP contribution in [0.2, 0.25) is 0 Å². The SMILES string of the molecule is F[P-](F)(F)(F)(F)F.F[P-](F)(F)(F)(F)F.O.O.O.[Zn+2].c1ccc(-c2cc(OCc3ccc4c(c3)OCCOCCOCCOCCO4)cc(-c3ccccn3)n2)nc1.c1ccc(-c2cc(OCc3ccc4c(c3)OCCOCCOCCOCCO4)cc(-c3ccccn3)n2)nc1. The number of benzene rings is 2. The maximum absolute atomic E-state index is 10.7. The van der Waals surface area contributed by atoms with Gasteiger partial charge < -0.3 is 73.3 Å². The van der Waals surface area contributed by atoms with Crippen molar-refractivity contribution in [1.82, 2.24) is 29.9 Å². The van der Waals surface area contributed by atoms with E-state index in [4.69, 9.17) is 66.8 Å². The van der Waals surface area contributed by atoms with E-state index in [1.807, 2.05) is 133 Å². The van der Waals surface area contributed by atoms with Crippen molar-refractivity contribution in [3.63, 3.8) is 0 Å². The van der Waals surface area contributed by atoms with E-state index in [1.165, 1.54) is 0 Å². The van der Waals surface area contributed by atoms with Gasteiger partial charge in [0, 0.05) is 49.1 Å². The van der Waals surface area contributed by atoms with Crippen LogP contribution in [-0.4, -0.2) is 152 Å². The monoisotopic (exact) mass is 1470 g/mol. The van der Waals surface area contributed by atoms with Gasteiger partial charge in [-0.1, -0.05) is 36.4 Å². The second-order valence-electron chi connectivity index (χ2n) is 19.1. The maximum atomic E-state index is 9.87. The second kappa shape index (κ2) is 37.2. The zero-order valence-corrected chi connectivity index (χ0v) is 55.7. The van der Waals surface area contributed by atoms with Crippen molar-refractivity contribution in [2.75, 3.05) is 106 Å². The molecule has 96 heavy (non-hydrogen) atoms. The number of pyridine rings is 6. The minimum atomic E-state index is -10.7. The summed E-state index contributed by atoms with van der Waals surface area (Å²) in [6, 6.07) is 42.0. The first-order chi connectivity index (χ1) is 43.6. The molecule has 0 fully saturated rings. The van der Waals surface area contributed by atoms with Crippen molar-refractivity contribution < 1.29 is 143 Å². The van der Waals surface area contributed by atoms with E-state index in [0.717, 1.165) is 33.9 Å². The average molecular weight is 1470 g/mol. The molecule has 6 aromatic heterocycles. The molecule has 0 spiro atoms. The molecular weight excluding hydrogens is 1400 g/mol. The van der Waals surface area contributed by atoms with Gasteiger partial charge in [0.15, 0.2) is 23.0 Å². The molecule has 0 saturated carbocycles. The molecule has 8 aromatic rings. The van der Waals surface area contributed by atoms with Crippen LogP contribution in [0.1, 0.15) is 11.1 Å². The van der Waals surface area contributed by atoms with Crippen molar-refractivity contribution >= 4 is 15.6 Å². The fourth-order valence-electron chi connectivity index (χ4n) is 7.77. The van der Waals surface area contributed by atoms with Crippen LogP contribution in [0.5, 0.6) is 34.5 Å². The number of fused-ring (bicyclic) bond motifs is 2. The zero-order chi connectivity index (χ0) is 65.9. The molecule has 2 aliphatic heterocycles. The molecule has 0 radical (unpaired) electrons. The predicted molar refractivity (Wildman–Crippen MR) is 328 cm³/mol. The largest absolute Gasteiger partial charge is 2.00 e. The van der Waals surface area contributed by atoms with Crippen LogP contribution in [0.15, 0.2) is 158 Å². The van der Waals surface area contributed by atoms with E-state index in [1.54, 1.807) is 24.8 Å². The fraction of sp³-hybridized carbons (Fsp3) is 0.300.